The highest BCUT2D eigenvalue weighted by molar-refractivity contribution is 7.86. The number of methoxy groups -OCH3 is 2. The van der Waals surface area contributed by atoms with Crippen LogP contribution in [0.3, 0.4) is 0 Å². The van der Waals surface area contributed by atoms with Crippen molar-refractivity contribution in [2.45, 2.75) is 4.90 Å². The molecule has 114 valence electrons. The first-order valence-corrected chi connectivity index (χ1v) is 7.95. The molecule has 0 fully saturated rings. The summed E-state index contributed by atoms with van der Waals surface area (Å²) >= 11 is 0. The molecular weight excluding hydrogens is 304 g/mol. The number of rotatable bonds is 3. The predicted octanol–water partition coefficient (Wildman–Crippen LogP) is 3.26. The maximum Gasteiger partial charge on any atom is 0.298 e. The summed E-state index contributed by atoms with van der Waals surface area (Å²) in [6.45, 7) is 0. The van der Waals surface area contributed by atoms with E-state index in [1.165, 1.54) is 20.3 Å². The number of hydrogen-bond acceptors (Lipinski definition) is 4. The lowest BCUT2D eigenvalue weighted by Crippen LogP contribution is -2.02. The van der Waals surface area contributed by atoms with E-state index in [1.54, 1.807) is 6.07 Å². The molecule has 0 aliphatic carbocycles. The highest BCUT2D eigenvalue weighted by Crippen LogP contribution is 2.42. The summed E-state index contributed by atoms with van der Waals surface area (Å²) in [6, 6.07) is 12.5. The molecule has 0 aromatic heterocycles. The van der Waals surface area contributed by atoms with Crippen LogP contribution in [0.15, 0.2) is 47.4 Å². The van der Waals surface area contributed by atoms with E-state index in [1.807, 2.05) is 30.3 Å². The Balaban J connectivity index is 2.58. The Bertz CT molecular complexity index is 977. The van der Waals surface area contributed by atoms with Crippen LogP contribution < -0.4 is 9.47 Å². The van der Waals surface area contributed by atoms with Crippen molar-refractivity contribution in [3.63, 3.8) is 0 Å². The average Bonchev–Trinajstić information content (AvgIpc) is 2.50. The second kappa shape index (κ2) is 5.15. The van der Waals surface area contributed by atoms with Crippen LogP contribution in [0.4, 0.5) is 0 Å². The third kappa shape index (κ3) is 2.17. The molecule has 0 saturated carbocycles. The lowest BCUT2D eigenvalue weighted by atomic mass is 10.0. The summed E-state index contributed by atoms with van der Waals surface area (Å²) in [5, 5.41) is 3.08. The molecule has 0 heterocycles. The van der Waals surface area contributed by atoms with E-state index < -0.39 is 10.1 Å². The second-order valence-electron chi connectivity index (χ2n) is 4.80. The monoisotopic (exact) mass is 318 g/mol. The Morgan fingerprint density at radius 3 is 2.23 bits per heavy atom. The van der Waals surface area contributed by atoms with Crippen LogP contribution in [0.5, 0.6) is 11.5 Å². The molecule has 0 aliphatic rings. The van der Waals surface area contributed by atoms with Crippen LogP contribution >= 0.6 is 0 Å². The van der Waals surface area contributed by atoms with Crippen molar-refractivity contribution >= 4 is 31.7 Å². The van der Waals surface area contributed by atoms with Gasteiger partial charge in [-0.05, 0) is 22.9 Å². The van der Waals surface area contributed by atoms with Crippen LogP contribution in [-0.2, 0) is 10.1 Å². The van der Waals surface area contributed by atoms with Gasteiger partial charge >= 0.3 is 0 Å². The van der Waals surface area contributed by atoms with Gasteiger partial charge in [0.15, 0.2) is 5.75 Å². The number of benzene rings is 3. The predicted molar refractivity (Wildman–Crippen MR) is 84.4 cm³/mol. The third-order valence-electron chi connectivity index (χ3n) is 3.58. The zero-order chi connectivity index (χ0) is 15.9. The first-order valence-electron chi connectivity index (χ1n) is 6.51. The molecule has 3 rings (SSSR count). The van der Waals surface area contributed by atoms with Gasteiger partial charge < -0.3 is 9.47 Å². The lowest BCUT2D eigenvalue weighted by Gasteiger charge is -2.15. The minimum atomic E-state index is -4.40. The molecule has 5 nitrogen and oxygen atoms in total. The van der Waals surface area contributed by atoms with E-state index in [0.717, 1.165) is 16.2 Å². The van der Waals surface area contributed by atoms with E-state index in [0.29, 0.717) is 11.1 Å². The van der Waals surface area contributed by atoms with Crippen LogP contribution in [0.1, 0.15) is 0 Å². The SMILES string of the molecule is COc1c(S(=O)(=O)O)ccc2cc3ccccc3c(OC)c12. The molecule has 0 saturated heterocycles. The van der Waals surface area contributed by atoms with Gasteiger partial charge in [0.05, 0.1) is 19.6 Å². The Hall–Kier alpha value is -2.31. The maximum absolute atomic E-state index is 11.6. The summed E-state index contributed by atoms with van der Waals surface area (Å²) in [5.41, 5.74) is 0. The quantitative estimate of drug-likeness (QED) is 0.593. The zero-order valence-corrected chi connectivity index (χ0v) is 12.8. The molecule has 0 bridgehead atoms. The van der Waals surface area contributed by atoms with E-state index in [9.17, 15) is 13.0 Å². The summed E-state index contributed by atoms with van der Waals surface area (Å²) in [5.74, 6) is 0.582. The molecule has 0 atom stereocenters. The zero-order valence-electron chi connectivity index (χ0n) is 12.0. The molecule has 3 aromatic rings. The largest absolute Gasteiger partial charge is 0.495 e. The Labute approximate surface area is 127 Å². The number of hydrogen-bond donors (Lipinski definition) is 1. The van der Waals surface area contributed by atoms with Gasteiger partial charge in [0.25, 0.3) is 10.1 Å². The van der Waals surface area contributed by atoms with Crippen molar-refractivity contribution < 1.29 is 22.4 Å². The average molecular weight is 318 g/mol. The Morgan fingerprint density at radius 2 is 1.59 bits per heavy atom. The maximum atomic E-state index is 11.6. The smallest absolute Gasteiger partial charge is 0.298 e. The van der Waals surface area contributed by atoms with E-state index in [4.69, 9.17) is 9.47 Å². The molecule has 3 aromatic carbocycles. The highest BCUT2D eigenvalue weighted by Gasteiger charge is 2.22. The van der Waals surface area contributed by atoms with Gasteiger partial charge in [-0.2, -0.15) is 8.42 Å². The Kier molecular flexibility index (Phi) is 3.42. The van der Waals surface area contributed by atoms with Crippen molar-refractivity contribution in [3.05, 3.63) is 42.5 Å². The fourth-order valence-corrected chi connectivity index (χ4v) is 3.34. The van der Waals surface area contributed by atoms with Crippen molar-refractivity contribution in [2.75, 3.05) is 14.2 Å². The van der Waals surface area contributed by atoms with Crippen molar-refractivity contribution in [1.29, 1.82) is 0 Å². The van der Waals surface area contributed by atoms with Crippen molar-refractivity contribution in [3.8, 4) is 11.5 Å². The van der Waals surface area contributed by atoms with E-state index in [2.05, 4.69) is 0 Å². The lowest BCUT2D eigenvalue weighted by molar-refractivity contribution is 0.395. The molecule has 0 unspecified atom stereocenters. The van der Waals surface area contributed by atoms with Crippen LogP contribution in [-0.4, -0.2) is 27.2 Å². The minimum absolute atomic E-state index is 0.0719. The summed E-state index contributed by atoms with van der Waals surface area (Å²) in [6.07, 6.45) is 0. The first kappa shape index (κ1) is 14.6. The normalized spacial score (nSPS) is 11.8. The molecule has 6 heteroatoms. The van der Waals surface area contributed by atoms with E-state index in [-0.39, 0.29) is 10.6 Å². The number of fused-ring (bicyclic) bond motifs is 2. The van der Waals surface area contributed by atoms with Crippen LogP contribution in [0.25, 0.3) is 21.5 Å². The summed E-state index contributed by atoms with van der Waals surface area (Å²) < 4.78 is 43.2. The van der Waals surface area contributed by atoms with Crippen LogP contribution in [0.2, 0.25) is 0 Å². The summed E-state index contributed by atoms with van der Waals surface area (Å²) in [4.78, 5) is -0.281. The van der Waals surface area contributed by atoms with Crippen molar-refractivity contribution in [2.24, 2.45) is 0 Å². The minimum Gasteiger partial charge on any atom is -0.495 e. The molecule has 0 radical (unpaired) electrons. The van der Waals surface area contributed by atoms with Gasteiger partial charge in [0.1, 0.15) is 10.6 Å². The molecule has 0 amide bonds. The van der Waals surface area contributed by atoms with Gasteiger partial charge in [-0.1, -0.05) is 30.3 Å². The molecule has 1 N–H and O–H groups in total. The summed E-state index contributed by atoms with van der Waals surface area (Å²) in [7, 11) is -1.52. The molecule has 0 aliphatic heterocycles. The molecular formula is C16H14O5S. The van der Waals surface area contributed by atoms with Gasteiger partial charge in [-0.3, -0.25) is 4.55 Å². The Morgan fingerprint density at radius 1 is 0.909 bits per heavy atom. The standard InChI is InChI=1S/C16H14O5S/c1-20-15-12-6-4-3-5-10(12)9-11-7-8-13(22(17,18)19)16(21-2)14(11)15/h3-9H,1-2H3,(H,17,18,19). The fourth-order valence-electron chi connectivity index (χ4n) is 2.68. The highest BCUT2D eigenvalue weighted by atomic mass is 32.2. The first-order chi connectivity index (χ1) is 10.5. The third-order valence-corrected chi connectivity index (χ3v) is 4.46. The second-order valence-corrected chi connectivity index (χ2v) is 6.19. The molecule has 0 spiro atoms. The van der Waals surface area contributed by atoms with Gasteiger partial charge in [0, 0.05) is 5.39 Å². The van der Waals surface area contributed by atoms with Gasteiger partial charge in [-0.15, -0.1) is 0 Å². The van der Waals surface area contributed by atoms with Crippen LogP contribution in [0, 0.1) is 0 Å². The fraction of sp³-hybridized carbons (Fsp3) is 0.125. The van der Waals surface area contributed by atoms with E-state index >= 15 is 0 Å². The number of ether oxygens (including phenoxy) is 2. The van der Waals surface area contributed by atoms with Gasteiger partial charge in [-0.25, -0.2) is 0 Å². The van der Waals surface area contributed by atoms with Crippen molar-refractivity contribution in [1.82, 2.24) is 0 Å². The van der Waals surface area contributed by atoms with Gasteiger partial charge in [0.2, 0.25) is 0 Å². The molecule has 22 heavy (non-hydrogen) atoms. The topological polar surface area (TPSA) is 72.8 Å².